The molecule has 0 bridgehead atoms. The molecule has 5 rings (SSSR count). The van der Waals surface area contributed by atoms with Gasteiger partial charge in [0.15, 0.2) is 6.35 Å². The molecule has 1 atom stereocenters. The van der Waals surface area contributed by atoms with E-state index in [2.05, 4.69) is 58.1 Å². The molecule has 1 spiro atoms. The minimum atomic E-state index is -4.59. The van der Waals surface area contributed by atoms with E-state index in [-0.39, 0.29) is 11.1 Å². The van der Waals surface area contributed by atoms with E-state index in [0.29, 0.717) is 18.2 Å². The lowest BCUT2D eigenvalue weighted by Gasteiger charge is -2.52. The van der Waals surface area contributed by atoms with Crippen LogP contribution in [0.15, 0.2) is 42.7 Å². The minimum absolute atomic E-state index is 0.0789. The summed E-state index contributed by atoms with van der Waals surface area (Å²) in [6.45, 7) is 1.35. The number of hydrogen-bond donors (Lipinski definition) is 1. The Kier molecular flexibility index (Phi) is 6.30. The fourth-order valence-corrected chi connectivity index (χ4v) is 6.30. The third kappa shape index (κ3) is 4.32. The van der Waals surface area contributed by atoms with Crippen molar-refractivity contribution in [1.82, 2.24) is 19.8 Å². The minimum Gasteiger partial charge on any atom is -0.361 e. The number of aromatic nitrogens is 2. The Morgan fingerprint density at radius 1 is 1.03 bits per heavy atom. The lowest BCUT2D eigenvalue weighted by Crippen LogP contribution is -2.57. The van der Waals surface area contributed by atoms with E-state index >= 15 is 0 Å². The molecule has 0 amide bonds. The van der Waals surface area contributed by atoms with Crippen molar-refractivity contribution in [3.05, 3.63) is 54.1 Å². The number of alkyl halides is 3. The highest BCUT2D eigenvalue weighted by atomic mass is 19.4. The summed E-state index contributed by atoms with van der Waals surface area (Å²) in [6.07, 6.45) is 4.09. The predicted octanol–water partition coefficient (Wildman–Crippen LogP) is 4.46. The summed E-state index contributed by atoms with van der Waals surface area (Å²) in [5, 5.41) is 11.4. The van der Waals surface area contributed by atoms with Crippen LogP contribution in [0.3, 0.4) is 0 Å². The average molecular weight is 490 g/mol. The Bertz CT molecular complexity index is 1000. The third-order valence-corrected chi connectivity index (χ3v) is 8.71. The predicted molar refractivity (Wildman–Crippen MR) is 127 cm³/mol. The van der Waals surface area contributed by atoms with Gasteiger partial charge >= 0.3 is 6.18 Å². The Hall–Kier alpha value is -2.23. The number of aliphatic hydroxyl groups is 1. The lowest BCUT2D eigenvalue weighted by molar-refractivity contribution is -0.144. The number of aliphatic hydroxyl groups excluding tert-OH is 1. The SMILES string of the molecule is CN(C)[C@]1(c2ccccc2)CC[C@]2(CC1)CN(c1cnc(C(F)(F)F)nc1)C(O)N2CC1CCC1. The van der Waals surface area contributed by atoms with Crippen molar-refractivity contribution in [2.45, 2.75) is 68.6 Å². The summed E-state index contributed by atoms with van der Waals surface area (Å²) in [5.41, 5.74) is 1.40. The highest BCUT2D eigenvalue weighted by Gasteiger charge is 2.55. The van der Waals surface area contributed by atoms with Crippen LogP contribution in [0.2, 0.25) is 0 Å². The second-order valence-corrected chi connectivity index (χ2v) is 10.7. The van der Waals surface area contributed by atoms with Crippen LogP contribution in [-0.4, -0.2) is 63.9 Å². The van der Waals surface area contributed by atoms with Crippen LogP contribution in [0.4, 0.5) is 18.9 Å². The van der Waals surface area contributed by atoms with Crippen molar-refractivity contribution in [1.29, 1.82) is 0 Å². The van der Waals surface area contributed by atoms with Crippen molar-refractivity contribution < 1.29 is 18.3 Å². The maximum Gasteiger partial charge on any atom is 0.451 e. The maximum absolute atomic E-state index is 13.0. The standard InChI is InChI=1S/C26H34F3N5O/c1-32(2)25(20-9-4-3-5-10-20)13-11-24(12-14-25)18-33(23(35)34(24)17-19-7-6-8-19)21-15-30-22(31-16-21)26(27,28)29/h3-5,9-10,15-16,19,23,35H,6-8,11-14,17-18H2,1-2H3/t23?,24-,25+. The van der Waals surface area contributed by atoms with Gasteiger partial charge in [-0.05, 0) is 64.1 Å². The van der Waals surface area contributed by atoms with Crippen LogP contribution in [0.25, 0.3) is 0 Å². The van der Waals surface area contributed by atoms with E-state index < -0.39 is 18.4 Å². The van der Waals surface area contributed by atoms with Crippen molar-refractivity contribution in [3.63, 3.8) is 0 Å². The summed E-state index contributed by atoms with van der Waals surface area (Å²) in [7, 11) is 4.26. The highest BCUT2D eigenvalue weighted by Crippen LogP contribution is 2.50. The summed E-state index contributed by atoms with van der Waals surface area (Å²) < 4.78 is 39.0. The van der Waals surface area contributed by atoms with Crippen LogP contribution in [0.5, 0.6) is 0 Å². The summed E-state index contributed by atoms with van der Waals surface area (Å²) >= 11 is 0. The molecule has 35 heavy (non-hydrogen) atoms. The molecular formula is C26H34F3N5O. The molecule has 2 saturated carbocycles. The molecule has 1 aromatic carbocycles. The molecule has 1 unspecified atom stereocenters. The third-order valence-electron chi connectivity index (χ3n) is 8.71. The fraction of sp³-hybridized carbons (Fsp3) is 0.615. The zero-order valence-corrected chi connectivity index (χ0v) is 20.4. The number of hydrogen-bond acceptors (Lipinski definition) is 6. The highest BCUT2D eigenvalue weighted by molar-refractivity contribution is 5.45. The van der Waals surface area contributed by atoms with Gasteiger partial charge in [0.25, 0.3) is 0 Å². The second kappa shape index (κ2) is 9.01. The maximum atomic E-state index is 13.0. The van der Waals surface area contributed by atoms with E-state index in [4.69, 9.17) is 0 Å². The van der Waals surface area contributed by atoms with Crippen LogP contribution in [-0.2, 0) is 11.7 Å². The van der Waals surface area contributed by atoms with Crippen molar-refractivity contribution in [2.24, 2.45) is 5.92 Å². The molecular weight excluding hydrogens is 455 g/mol. The van der Waals surface area contributed by atoms with Gasteiger partial charge in [-0.2, -0.15) is 13.2 Å². The van der Waals surface area contributed by atoms with Gasteiger partial charge in [0.1, 0.15) is 0 Å². The molecule has 1 saturated heterocycles. The fourth-order valence-electron chi connectivity index (χ4n) is 6.30. The number of rotatable bonds is 5. The normalized spacial score (nSPS) is 30.3. The molecule has 1 aromatic heterocycles. The Morgan fingerprint density at radius 2 is 1.66 bits per heavy atom. The van der Waals surface area contributed by atoms with Crippen LogP contribution >= 0.6 is 0 Å². The number of halogens is 3. The van der Waals surface area contributed by atoms with Crippen molar-refractivity contribution in [2.75, 3.05) is 32.1 Å². The van der Waals surface area contributed by atoms with Crippen molar-refractivity contribution in [3.8, 4) is 0 Å². The van der Waals surface area contributed by atoms with E-state index in [1.807, 2.05) is 6.07 Å². The molecule has 3 aliphatic rings. The van der Waals surface area contributed by atoms with Crippen molar-refractivity contribution >= 4 is 5.69 Å². The lowest BCUT2D eigenvalue weighted by atomic mass is 9.68. The molecule has 2 aliphatic carbocycles. The van der Waals surface area contributed by atoms with Crippen LogP contribution in [0, 0.1) is 5.92 Å². The molecule has 1 N–H and O–H groups in total. The zero-order chi connectivity index (χ0) is 24.8. The van der Waals surface area contributed by atoms with Crippen LogP contribution < -0.4 is 4.90 Å². The van der Waals surface area contributed by atoms with Gasteiger partial charge in [0.05, 0.1) is 18.1 Å². The van der Waals surface area contributed by atoms with Crippen LogP contribution in [0.1, 0.15) is 56.3 Å². The van der Waals surface area contributed by atoms with Gasteiger partial charge in [-0.25, -0.2) is 9.97 Å². The molecule has 190 valence electrons. The topological polar surface area (TPSA) is 55.7 Å². The number of benzene rings is 1. The van der Waals surface area contributed by atoms with Gasteiger partial charge in [-0.15, -0.1) is 0 Å². The Labute approximate surface area is 204 Å². The molecule has 3 fully saturated rings. The molecule has 2 heterocycles. The second-order valence-electron chi connectivity index (χ2n) is 10.7. The Balaban J connectivity index is 1.43. The molecule has 0 radical (unpaired) electrons. The van der Waals surface area contributed by atoms with Gasteiger partial charge in [-0.3, -0.25) is 9.80 Å². The first-order valence-corrected chi connectivity index (χ1v) is 12.5. The van der Waals surface area contributed by atoms with Gasteiger partial charge in [-0.1, -0.05) is 36.8 Å². The largest absolute Gasteiger partial charge is 0.451 e. The smallest absolute Gasteiger partial charge is 0.361 e. The van der Waals surface area contributed by atoms with E-state index in [9.17, 15) is 18.3 Å². The van der Waals surface area contributed by atoms with Gasteiger partial charge in [0, 0.05) is 24.2 Å². The van der Waals surface area contributed by atoms with E-state index in [1.165, 1.54) is 24.4 Å². The monoisotopic (exact) mass is 489 g/mol. The summed E-state index contributed by atoms with van der Waals surface area (Å²) in [5.74, 6) is -0.604. The summed E-state index contributed by atoms with van der Waals surface area (Å²) in [6, 6.07) is 10.6. The molecule has 1 aliphatic heterocycles. The number of nitrogens with zero attached hydrogens (tertiary/aromatic N) is 5. The molecule has 6 nitrogen and oxygen atoms in total. The molecule has 2 aromatic rings. The van der Waals surface area contributed by atoms with Gasteiger partial charge < -0.3 is 10.0 Å². The summed E-state index contributed by atoms with van der Waals surface area (Å²) in [4.78, 5) is 13.4. The average Bonchev–Trinajstić information content (AvgIpc) is 3.08. The first kappa shape index (κ1) is 24.5. The first-order valence-electron chi connectivity index (χ1n) is 12.5. The zero-order valence-electron chi connectivity index (χ0n) is 20.4. The van der Waals surface area contributed by atoms with E-state index in [1.54, 1.807) is 4.90 Å². The van der Waals surface area contributed by atoms with E-state index in [0.717, 1.165) is 45.1 Å². The van der Waals surface area contributed by atoms with Gasteiger partial charge in [0.2, 0.25) is 5.82 Å². The first-order chi connectivity index (χ1) is 16.6. The Morgan fingerprint density at radius 3 is 2.17 bits per heavy atom. The quantitative estimate of drug-likeness (QED) is 0.669. The molecule has 9 heteroatoms. The number of anilines is 1.